The number of H-pyrrole nitrogens is 2. The molecule has 33 heavy (non-hydrogen) atoms. The van der Waals surface area contributed by atoms with E-state index in [9.17, 15) is 4.79 Å². The number of Topliss-reactive ketones (excluding diaryl/α,β-unsaturated/α-hetero) is 1. The third kappa shape index (κ3) is 3.23. The van der Waals surface area contributed by atoms with Crippen molar-refractivity contribution >= 4 is 39.2 Å². The molecule has 0 amide bonds. The molecule has 0 unspecified atom stereocenters. The van der Waals surface area contributed by atoms with Gasteiger partial charge >= 0.3 is 0 Å². The molecule has 0 aliphatic rings. The highest BCUT2D eigenvalue weighted by molar-refractivity contribution is 7.17. The quantitative estimate of drug-likeness (QED) is 0.331. The van der Waals surface area contributed by atoms with Crippen LogP contribution in [0.5, 0.6) is 0 Å². The van der Waals surface area contributed by atoms with Gasteiger partial charge in [0.05, 0.1) is 21.3 Å². The molecule has 6 rings (SSSR count). The van der Waals surface area contributed by atoms with Gasteiger partial charge in [-0.2, -0.15) is 5.10 Å². The molecule has 8 heteroatoms. The molecule has 0 spiro atoms. The first-order chi connectivity index (χ1) is 16.1. The molecule has 0 aliphatic heterocycles. The number of ketones is 1. The standard InChI is InChI=1S/C25H18N6OS/c1-13-8-9-26-12-18(13)15-10-17-23(30-31-24(17)27-11-15)25-28-19-5-3-4-16(22(19)29-25)21-7-6-20(33-21)14(2)32/h3-12H,1-2H3,(H,28,29)(H,27,30,31). The molecule has 0 saturated carbocycles. The van der Waals surface area contributed by atoms with Gasteiger partial charge in [-0.05, 0) is 49.7 Å². The predicted octanol–water partition coefficient (Wildman–Crippen LogP) is 5.80. The largest absolute Gasteiger partial charge is 0.337 e. The Balaban J connectivity index is 1.49. The molecule has 0 fully saturated rings. The van der Waals surface area contributed by atoms with Crippen LogP contribution in [0.4, 0.5) is 0 Å². The van der Waals surface area contributed by atoms with E-state index in [0.717, 1.165) is 54.1 Å². The maximum atomic E-state index is 11.8. The Kier molecular flexibility index (Phi) is 4.41. The van der Waals surface area contributed by atoms with Crippen molar-refractivity contribution in [3.63, 3.8) is 0 Å². The molecule has 5 aromatic heterocycles. The number of carbonyl (C=O) groups is 1. The number of hydrogen-bond acceptors (Lipinski definition) is 6. The third-order valence-corrected chi connectivity index (χ3v) is 6.95. The average Bonchev–Trinajstić information content (AvgIpc) is 3.56. The summed E-state index contributed by atoms with van der Waals surface area (Å²) in [6.07, 6.45) is 5.45. The van der Waals surface area contributed by atoms with Crippen LogP contribution in [0.2, 0.25) is 0 Å². The molecule has 160 valence electrons. The lowest BCUT2D eigenvalue weighted by atomic mass is 10.0. The summed E-state index contributed by atoms with van der Waals surface area (Å²) >= 11 is 1.48. The van der Waals surface area contributed by atoms with Crippen molar-refractivity contribution in [2.24, 2.45) is 0 Å². The summed E-state index contributed by atoms with van der Waals surface area (Å²) in [7, 11) is 0. The van der Waals surface area contributed by atoms with Crippen molar-refractivity contribution in [1.82, 2.24) is 30.1 Å². The van der Waals surface area contributed by atoms with Gasteiger partial charge in [0, 0.05) is 40.2 Å². The van der Waals surface area contributed by atoms with Crippen molar-refractivity contribution in [1.29, 1.82) is 0 Å². The second-order valence-electron chi connectivity index (χ2n) is 7.89. The Bertz CT molecular complexity index is 1680. The highest BCUT2D eigenvalue weighted by Crippen LogP contribution is 2.35. The summed E-state index contributed by atoms with van der Waals surface area (Å²) in [5.74, 6) is 0.752. The third-order valence-electron chi connectivity index (χ3n) is 5.73. The van der Waals surface area contributed by atoms with Crippen molar-refractivity contribution in [2.75, 3.05) is 0 Å². The van der Waals surface area contributed by atoms with Crippen LogP contribution < -0.4 is 0 Å². The van der Waals surface area contributed by atoms with E-state index >= 15 is 0 Å². The van der Waals surface area contributed by atoms with Crippen LogP contribution in [0.15, 0.2) is 61.1 Å². The number of nitrogens with zero attached hydrogens (tertiary/aromatic N) is 4. The zero-order chi connectivity index (χ0) is 22.5. The van der Waals surface area contributed by atoms with Crippen LogP contribution in [0.1, 0.15) is 22.2 Å². The molecule has 2 N–H and O–H groups in total. The second kappa shape index (κ2) is 7.46. The highest BCUT2D eigenvalue weighted by atomic mass is 32.1. The minimum atomic E-state index is 0.0669. The van der Waals surface area contributed by atoms with E-state index in [1.165, 1.54) is 11.3 Å². The van der Waals surface area contributed by atoms with E-state index in [4.69, 9.17) is 4.98 Å². The Hall–Kier alpha value is -4.17. The van der Waals surface area contributed by atoms with E-state index in [1.807, 2.05) is 48.8 Å². The summed E-state index contributed by atoms with van der Waals surface area (Å²) in [6, 6.07) is 13.9. The van der Waals surface area contributed by atoms with E-state index in [1.54, 1.807) is 13.1 Å². The minimum Gasteiger partial charge on any atom is -0.337 e. The van der Waals surface area contributed by atoms with Gasteiger partial charge in [-0.25, -0.2) is 9.97 Å². The minimum absolute atomic E-state index is 0.0669. The summed E-state index contributed by atoms with van der Waals surface area (Å²) < 4.78 is 0. The second-order valence-corrected chi connectivity index (χ2v) is 8.98. The number of fused-ring (bicyclic) bond motifs is 2. The van der Waals surface area contributed by atoms with Crippen LogP contribution in [0, 0.1) is 6.92 Å². The molecule has 0 bridgehead atoms. The van der Waals surface area contributed by atoms with Gasteiger partial charge in [0.25, 0.3) is 0 Å². The van der Waals surface area contributed by atoms with Gasteiger partial charge in [-0.1, -0.05) is 12.1 Å². The zero-order valence-electron chi connectivity index (χ0n) is 17.9. The molecule has 5 heterocycles. The zero-order valence-corrected chi connectivity index (χ0v) is 18.7. The number of aryl methyl sites for hydroxylation is 1. The Morgan fingerprint density at radius 2 is 1.97 bits per heavy atom. The number of pyridine rings is 2. The summed E-state index contributed by atoms with van der Waals surface area (Å²) in [6.45, 7) is 3.64. The number of para-hydroxylation sites is 1. The summed E-state index contributed by atoms with van der Waals surface area (Å²) in [4.78, 5) is 30.6. The van der Waals surface area contributed by atoms with Crippen LogP contribution in [-0.4, -0.2) is 35.9 Å². The van der Waals surface area contributed by atoms with Crippen molar-refractivity contribution < 1.29 is 4.79 Å². The number of imidazole rings is 1. The van der Waals surface area contributed by atoms with Crippen LogP contribution in [-0.2, 0) is 0 Å². The maximum absolute atomic E-state index is 11.8. The lowest BCUT2D eigenvalue weighted by Gasteiger charge is -2.04. The first-order valence-electron chi connectivity index (χ1n) is 10.4. The molecule has 0 saturated heterocycles. The van der Waals surface area contributed by atoms with Crippen molar-refractivity contribution in [3.05, 3.63) is 71.5 Å². The topological polar surface area (TPSA) is 100 Å². The fraction of sp³-hybridized carbons (Fsp3) is 0.0800. The number of benzene rings is 1. The van der Waals surface area contributed by atoms with Crippen molar-refractivity contribution in [3.8, 4) is 33.1 Å². The first-order valence-corrected chi connectivity index (χ1v) is 11.3. The van der Waals surface area contributed by atoms with E-state index < -0.39 is 0 Å². The fourth-order valence-electron chi connectivity index (χ4n) is 4.01. The van der Waals surface area contributed by atoms with Crippen LogP contribution >= 0.6 is 11.3 Å². The number of aromatic nitrogens is 6. The Morgan fingerprint density at radius 3 is 2.79 bits per heavy atom. The summed E-state index contributed by atoms with van der Waals surface area (Å²) in [5, 5.41) is 8.36. The van der Waals surface area contributed by atoms with E-state index in [0.29, 0.717) is 11.5 Å². The van der Waals surface area contributed by atoms with Crippen LogP contribution in [0.25, 0.3) is 55.2 Å². The average molecular weight is 451 g/mol. The number of hydrogen-bond donors (Lipinski definition) is 2. The molecular weight excluding hydrogens is 432 g/mol. The van der Waals surface area contributed by atoms with Crippen molar-refractivity contribution in [2.45, 2.75) is 13.8 Å². The lowest BCUT2D eigenvalue weighted by Crippen LogP contribution is -1.87. The predicted molar refractivity (Wildman–Crippen MR) is 130 cm³/mol. The molecular formula is C25H18N6OS. The van der Waals surface area contributed by atoms with Gasteiger partial charge in [-0.15, -0.1) is 11.3 Å². The Labute approximate surface area is 192 Å². The number of carbonyl (C=O) groups excluding carboxylic acids is 1. The molecule has 0 radical (unpaired) electrons. The van der Waals surface area contributed by atoms with Gasteiger partial charge in [0.1, 0.15) is 5.69 Å². The molecule has 0 atom stereocenters. The lowest BCUT2D eigenvalue weighted by molar-refractivity contribution is 0.102. The number of rotatable bonds is 4. The number of aromatic amines is 2. The highest BCUT2D eigenvalue weighted by Gasteiger charge is 2.17. The van der Waals surface area contributed by atoms with Gasteiger partial charge in [0.15, 0.2) is 17.3 Å². The van der Waals surface area contributed by atoms with Gasteiger partial charge in [0.2, 0.25) is 0 Å². The number of thiophene rings is 1. The van der Waals surface area contributed by atoms with E-state index in [-0.39, 0.29) is 5.78 Å². The Morgan fingerprint density at radius 1 is 1.06 bits per heavy atom. The fourth-order valence-corrected chi connectivity index (χ4v) is 4.94. The SMILES string of the molecule is CC(=O)c1ccc(-c2cccc3[nH]c(-c4[nH]nc5ncc(-c6cnccc6C)cc45)nc23)s1. The molecule has 1 aromatic carbocycles. The van der Waals surface area contributed by atoms with E-state index in [2.05, 4.69) is 38.1 Å². The molecule has 7 nitrogen and oxygen atoms in total. The summed E-state index contributed by atoms with van der Waals surface area (Å²) in [5.41, 5.74) is 7.29. The normalized spacial score (nSPS) is 11.5. The first kappa shape index (κ1) is 19.5. The molecule has 0 aliphatic carbocycles. The van der Waals surface area contributed by atoms with Gasteiger partial charge < -0.3 is 4.98 Å². The number of nitrogens with one attached hydrogen (secondary N) is 2. The monoisotopic (exact) mass is 450 g/mol. The van der Waals surface area contributed by atoms with Crippen LogP contribution in [0.3, 0.4) is 0 Å². The van der Waals surface area contributed by atoms with Gasteiger partial charge in [-0.3, -0.25) is 14.9 Å². The smallest absolute Gasteiger partial charge is 0.181 e. The molecule has 6 aromatic rings. The maximum Gasteiger partial charge on any atom is 0.181 e.